The lowest BCUT2D eigenvalue weighted by Gasteiger charge is -2.16. The third kappa shape index (κ3) is 2.42. The number of carbonyl (C=O) groups is 1. The molecule has 104 valence electrons. The Hall–Kier alpha value is -2.21. The summed E-state index contributed by atoms with van der Waals surface area (Å²) in [6, 6.07) is 7.58. The zero-order valence-electron chi connectivity index (χ0n) is 11.3. The summed E-state index contributed by atoms with van der Waals surface area (Å²) in [7, 11) is 0. The Balaban J connectivity index is 1.83. The van der Waals surface area contributed by atoms with Crippen LogP contribution in [0.3, 0.4) is 0 Å². The van der Waals surface area contributed by atoms with E-state index in [9.17, 15) is 4.79 Å². The van der Waals surface area contributed by atoms with Gasteiger partial charge >= 0.3 is 0 Å². The fraction of sp³-hybridized carbons (Fsp3) is 0.357. The van der Waals surface area contributed by atoms with Crippen molar-refractivity contribution >= 4 is 11.6 Å². The van der Waals surface area contributed by atoms with Crippen molar-refractivity contribution in [2.24, 2.45) is 11.8 Å². The summed E-state index contributed by atoms with van der Waals surface area (Å²) in [5.74, 6) is 0.419. The number of rotatable bonds is 3. The highest BCUT2D eigenvalue weighted by Crippen LogP contribution is 2.22. The molecule has 1 aromatic heterocycles. The van der Waals surface area contributed by atoms with Crippen molar-refractivity contribution in [3.8, 4) is 5.69 Å². The molecule has 1 amide bonds. The number of nitrogens with zero attached hydrogens (tertiary/aromatic N) is 3. The topological polar surface area (TPSA) is 71.8 Å². The molecule has 1 aliphatic heterocycles. The predicted molar refractivity (Wildman–Crippen MR) is 75.5 cm³/mol. The molecule has 6 nitrogen and oxygen atoms in total. The fourth-order valence-corrected chi connectivity index (χ4v) is 2.50. The van der Waals surface area contributed by atoms with E-state index in [1.807, 2.05) is 24.3 Å². The van der Waals surface area contributed by atoms with Gasteiger partial charge in [-0.2, -0.15) is 5.10 Å². The maximum atomic E-state index is 12.4. The first-order valence-corrected chi connectivity index (χ1v) is 6.71. The van der Waals surface area contributed by atoms with Crippen LogP contribution in [0.4, 0.5) is 5.69 Å². The molecule has 2 heterocycles. The Bertz CT molecular complexity index is 595. The van der Waals surface area contributed by atoms with Crippen LogP contribution in [-0.4, -0.2) is 33.8 Å². The van der Waals surface area contributed by atoms with Gasteiger partial charge in [0.25, 0.3) is 0 Å². The van der Waals surface area contributed by atoms with E-state index in [-0.39, 0.29) is 11.8 Å². The lowest BCUT2D eigenvalue weighted by atomic mass is 9.97. The minimum atomic E-state index is 0.0128. The zero-order chi connectivity index (χ0) is 13.9. The Labute approximate surface area is 117 Å². The molecule has 3 rings (SSSR count). The van der Waals surface area contributed by atoms with E-state index in [0.29, 0.717) is 5.92 Å². The SMILES string of the molecule is C[C@@H]1CNC[C@H]1C(=O)Nc1ccccc1-n1cncn1. The second-order valence-corrected chi connectivity index (χ2v) is 5.09. The standard InChI is InChI=1S/C14H17N5O/c1-10-6-15-7-11(10)14(20)18-12-4-2-3-5-13(12)19-9-16-8-17-19/h2-5,8-11,15H,6-7H2,1H3,(H,18,20)/t10-,11-/m1/s1. The molecule has 1 fully saturated rings. The summed E-state index contributed by atoms with van der Waals surface area (Å²) in [6.07, 6.45) is 3.09. The first kappa shape index (κ1) is 12.8. The zero-order valence-corrected chi connectivity index (χ0v) is 11.3. The van der Waals surface area contributed by atoms with Crippen molar-refractivity contribution in [2.45, 2.75) is 6.92 Å². The van der Waals surface area contributed by atoms with Crippen molar-refractivity contribution in [1.82, 2.24) is 20.1 Å². The van der Waals surface area contributed by atoms with Gasteiger partial charge in [-0.15, -0.1) is 0 Å². The minimum absolute atomic E-state index is 0.0128. The number of aromatic nitrogens is 3. The highest BCUT2D eigenvalue weighted by Gasteiger charge is 2.29. The third-order valence-corrected chi connectivity index (χ3v) is 3.68. The Morgan fingerprint density at radius 1 is 1.40 bits per heavy atom. The molecule has 0 unspecified atom stereocenters. The highest BCUT2D eigenvalue weighted by molar-refractivity contribution is 5.94. The number of hydrogen-bond acceptors (Lipinski definition) is 4. The average Bonchev–Trinajstić information content (AvgIpc) is 3.10. The second kappa shape index (κ2) is 5.42. The number of carbonyl (C=O) groups excluding carboxylic acids is 1. The molecule has 2 atom stereocenters. The summed E-state index contributed by atoms with van der Waals surface area (Å²) in [5, 5.41) is 10.4. The average molecular weight is 271 g/mol. The fourth-order valence-electron chi connectivity index (χ4n) is 2.50. The van der Waals surface area contributed by atoms with Crippen molar-refractivity contribution in [1.29, 1.82) is 0 Å². The van der Waals surface area contributed by atoms with E-state index >= 15 is 0 Å². The lowest BCUT2D eigenvalue weighted by Crippen LogP contribution is -2.28. The van der Waals surface area contributed by atoms with Crippen LogP contribution >= 0.6 is 0 Å². The molecule has 1 saturated heterocycles. The molecule has 0 radical (unpaired) electrons. The normalized spacial score (nSPS) is 21.9. The monoisotopic (exact) mass is 271 g/mol. The molecule has 6 heteroatoms. The van der Waals surface area contributed by atoms with Crippen molar-refractivity contribution in [3.63, 3.8) is 0 Å². The van der Waals surface area contributed by atoms with Crippen molar-refractivity contribution < 1.29 is 4.79 Å². The smallest absolute Gasteiger partial charge is 0.229 e. The number of anilines is 1. The number of benzene rings is 1. The number of hydrogen-bond donors (Lipinski definition) is 2. The van der Waals surface area contributed by atoms with Gasteiger partial charge in [-0.25, -0.2) is 9.67 Å². The third-order valence-electron chi connectivity index (χ3n) is 3.68. The van der Waals surface area contributed by atoms with Crippen LogP contribution in [-0.2, 0) is 4.79 Å². The first-order chi connectivity index (χ1) is 9.75. The molecule has 0 bridgehead atoms. The summed E-state index contributed by atoms with van der Waals surface area (Å²) in [4.78, 5) is 16.3. The molecular weight excluding hydrogens is 254 g/mol. The second-order valence-electron chi connectivity index (χ2n) is 5.09. The van der Waals surface area contributed by atoms with Gasteiger partial charge < -0.3 is 10.6 Å². The van der Waals surface area contributed by atoms with Crippen LogP contribution < -0.4 is 10.6 Å². The van der Waals surface area contributed by atoms with E-state index in [0.717, 1.165) is 24.5 Å². The molecular formula is C14H17N5O. The summed E-state index contributed by atoms with van der Waals surface area (Å²) in [5.41, 5.74) is 1.57. The predicted octanol–water partition coefficient (Wildman–Crippen LogP) is 1.06. The maximum Gasteiger partial charge on any atom is 0.229 e. The van der Waals surface area contributed by atoms with Gasteiger partial charge in [0.2, 0.25) is 5.91 Å². The van der Waals surface area contributed by atoms with E-state index in [1.54, 1.807) is 11.0 Å². The van der Waals surface area contributed by atoms with Gasteiger partial charge in [-0.1, -0.05) is 19.1 Å². The molecule has 2 aromatic rings. The summed E-state index contributed by atoms with van der Waals surface area (Å²) < 4.78 is 1.64. The van der Waals surface area contributed by atoms with Crippen LogP contribution in [0.25, 0.3) is 5.69 Å². The number of amides is 1. The van der Waals surface area contributed by atoms with Crippen molar-refractivity contribution in [2.75, 3.05) is 18.4 Å². The van der Waals surface area contributed by atoms with E-state index in [2.05, 4.69) is 27.6 Å². The molecule has 1 aromatic carbocycles. The van der Waals surface area contributed by atoms with Crippen LogP contribution in [0, 0.1) is 11.8 Å². The molecule has 0 saturated carbocycles. The number of nitrogens with one attached hydrogen (secondary N) is 2. The quantitative estimate of drug-likeness (QED) is 0.875. The Morgan fingerprint density at radius 3 is 2.95 bits per heavy atom. The van der Waals surface area contributed by atoms with Crippen LogP contribution in [0.2, 0.25) is 0 Å². The molecule has 20 heavy (non-hydrogen) atoms. The van der Waals surface area contributed by atoms with Gasteiger partial charge in [-0.3, -0.25) is 4.79 Å². The first-order valence-electron chi connectivity index (χ1n) is 6.71. The largest absolute Gasteiger partial charge is 0.324 e. The van der Waals surface area contributed by atoms with Crippen molar-refractivity contribution in [3.05, 3.63) is 36.9 Å². The molecule has 0 spiro atoms. The lowest BCUT2D eigenvalue weighted by molar-refractivity contribution is -0.120. The van der Waals surface area contributed by atoms with Crippen LogP contribution in [0.15, 0.2) is 36.9 Å². The van der Waals surface area contributed by atoms with Gasteiger partial charge in [0.05, 0.1) is 17.3 Å². The highest BCUT2D eigenvalue weighted by atomic mass is 16.2. The van der Waals surface area contributed by atoms with Crippen LogP contribution in [0.5, 0.6) is 0 Å². The van der Waals surface area contributed by atoms with Gasteiger partial charge in [-0.05, 0) is 24.6 Å². The van der Waals surface area contributed by atoms with E-state index < -0.39 is 0 Å². The van der Waals surface area contributed by atoms with Gasteiger partial charge in [0.1, 0.15) is 12.7 Å². The summed E-state index contributed by atoms with van der Waals surface area (Å²) in [6.45, 7) is 3.72. The molecule has 0 aliphatic carbocycles. The van der Waals surface area contributed by atoms with E-state index in [1.165, 1.54) is 6.33 Å². The summed E-state index contributed by atoms with van der Waals surface area (Å²) >= 11 is 0. The molecule has 2 N–H and O–H groups in total. The van der Waals surface area contributed by atoms with Gasteiger partial charge in [0, 0.05) is 6.54 Å². The Kier molecular flexibility index (Phi) is 3.47. The number of para-hydroxylation sites is 2. The molecule has 1 aliphatic rings. The minimum Gasteiger partial charge on any atom is -0.324 e. The van der Waals surface area contributed by atoms with Crippen LogP contribution in [0.1, 0.15) is 6.92 Å². The maximum absolute atomic E-state index is 12.4. The van der Waals surface area contributed by atoms with E-state index in [4.69, 9.17) is 0 Å². The Morgan fingerprint density at radius 2 is 2.25 bits per heavy atom. The van der Waals surface area contributed by atoms with Gasteiger partial charge in [0.15, 0.2) is 0 Å².